The van der Waals surface area contributed by atoms with Gasteiger partial charge in [0.25, 0.3) is 0 Å². The first-order valence-corrected chi connectivity index (χ1v) is 6.13. The monoisotopic (exact) mass is 215 g/mol. The highest BCUT2D eigenvalue weighted by atomic mass is 16.4. The highest BCUT2D eigenvalue weighted by Crippen LogP contribution is 2.09. The van der Waals surface area contributed by atoms with Gasteiger partial charge in [0.2, 0.25) is 0 Å². The molecule has 0 aliphatic heterocycles. The summed E-state index contributed by atoms with van der Waals surface area (Å²) < 4.78 is 0. The molecule has 0 aromatic heterocycles. The van der Waals surface area contributed by atoms with Crippen molar-refractivity contribution >= 4 is 5.97 Å². The van der Waals surface area contributed by atoms with Gasteiger partial charge in [0.15, 0.2) is 0 Å². The lowest BCUT2D eigenvalue weighted by Gasteiger charge is -2.01. The second kappa shape index (κ2) is 11.5. The minimum atomic E-state index is -0.665. The first-order chi connectivity index (χ1) is 7.27. The van der Waals surface area contributed by atoms with E-state index in [1.165, 1.54) is 38.5 Å². The number of carboxylic acid groups (broad SMARTS) is 1. The maximum absolute atomic E-state index is 10.2. The summed E-state index contributed by atoms with van der Waals surface area (Å²) in [5.41, 5.74) is 0. The van der Waals surface area contributed by atoms with Gasteiger partial charge in [-0.25, -0.2) is 0 Å². The van der Waals surface area contributed by atoms with E-state index in [1.54, 1.807) is 0 Å². The minimum Gasteiger partial charge on any atom is -0.481 e. The lowest BCUT2D eigenvalue weighted by atomic mass is 10.1. The third-order valence-corrected chi connectivity index (χ3v) is 2.57. The lowest BCUT2D eigenvalue weighted by Crippen LogP contribution is -2.06. The normalized spacial score (nSPS) is 10.5. The van der Waals surface area contributed by atoms with Crippen molar-refractivity contribution in [2.24, 2.45) is 0 Å². The molecule has 3 heteroatoms. The van der Waals surface area contributed by atoms with Crippen LogP contribution >= 0.6 is 0 Å². The molecule has 0 aromatic carbocycles. The van der Waals surface area contributed by atoms with Crippen LogP contribution < -0.4 is 5.32 Å². The van der Waals surface area contributed by atoms with Gasteiger partial charge in [0, 0.05) is 6.42 Å². The molecule has 0 aliphatic carbocycles. The van der Waals surface area contributed by atoms with Gasteiger partial charge in [0.1, 0.15) is 0 Å². The van der Waals surface area contributed by atoms with Crippen LogP contribution in [0.5, 0.6) is 0 Å². The molecule has 15 heavy (non-hydrogen) atoms. The van der Waals surface area contributed by atoms with Crippen molar-refractivity contribution in [2.45, 2.75) is 57.8 Å². The lowest BCUT2D eigenvalue weighted by molar-refractivity contribution is -0.137. The Morgan fingerprint density at radius 2 is 1.40 bits per heavy atom. The van der Waals surface area contributed by atoms with E-state index in [0.717, 1.165) is 19.4 Å². The number of hydrogen-bond donors (Lipinski definition) is 2. The molecular weight excluding hydrogens is 190 g/mol. The predicted octanol–water partition coefficient (Wildman–Crippen LogP) is 2.80. The van der Waals surface area contributed by atoms with E-state index in [2.05, 4.69) is 5.32 Å². The van der Waals surface area contributed by atoms with Crippen molar-refractivity contribution in [3.63, 3.8) is 0 Å². The molecule has 0 rings (SSSR count). The Balaban J connectivity index is 2.89. The van der Waals surface area contributed by atoms with Crippen LogP contribution in [0.2, 0.25) is 0 Å². The fourth-order valence-corrected chi connectivity index (χ4v) is 1.64. The minimum absolute atomic E-state index is 0.335. The molecule has 0 unspecified atom stereocenters. The zero-order chi connectivity index (χ0) is 11.4. The third kappa shape index (κ3) is 13.4. The van der Waals surface area contributed by atoms with Crippen LogP contribution in [0.1, 0.15) is 57.8 Å². The van der Waals surface area contributed by atoms with Crippen molar-refractivity contribution in [1.82, 2.24) is 5.32 Å². The van der Waals surface area contributed by atoms with E-state index >= 15 is 0 Å². The summed E-state index contributed by atoms with van der Waals surface area (Å²) in [5.74, 6) is -0.665. The molecule has 0 saturated carbocycles. The summed E-state index contributed by atoms with van der Waals surface area (Å²) in [7, 11) is 1.99. The van der Waals surface area contributed by atoms with Crippen LogP contribution in [0.25, 0.3) is 0 Å². The third-order valence-electron chi connectivity index (χ3n) is 2.57. The maximum Gasteiger partial charge on any atom is 0.303 e. The van der Waals surface area contributed by atoms with Crippen molar-refractivity contribution < 1.29 is 9.90 Å². The van der Waals surface area contributed by atoms with Crippen LogP contribution in [0.4, 0.5) is 0 Å². The molecule has 0 saturated heterocycles. The summed E-state index contributed by atoms with van der Waals surface area (Å²) in [4.78, 5) is 10.2. The zero-order valence-corrected chi connectivity index (χ0v) is 9.93. The van der Waals surface area contributed by atoms with Gasteiger partial charge in [-0.05, 0) is 26.4 Å². The van der Waals surface area contributed by atoms with Crippen molar-refractivity contribution in [3.8, 4) is 0 Å². The quantitative estimate of drug-likeness (QED) is 0.521. The van der Waals surface area contributed by atoms with E-state index in [0.29, 0.717) is 6.42 Å². The van der Waals surface area contributed by atoms with Gasteiger partial charge in [-0.15, -0.1) is 0 Å². The van der Waals surface area contributed by atoms with Crippen LogP contribution in [-0.4, -0.2) is 24.7 Å². The number of carboxylic acids is 1. The molecule has 0 spiro atoms. The number of hydrogen-bond acceptors (Lipinski definition) is 2. The van der Waals surface area contributed by atoms with Crippen LogP contribution in [-0.2, 0) is 4.79 Å². The fourth-order valence-electron chi connectivity index (χ4n) is 1.64. The highest BCUT2D eigenvalue weighted by molar-refractivity contribution is 5.66. The molecule has 0 bridgehead atoms. The molecule has 0 radical (unpaired) electrons. The molecule has 0 aliphatic rings. The number of unbranched alkanes of at least 4 members (excludes halogenated alkanes) is 7. The van der Waals surface area contributed by atoms with Gasteiger partial charge < -0.3 is 10.4 Å². The van der Waals surface area contributed by atoms with Crippen LogP contribution in [0.3, 0.4) is 0 Å². The summed E-state index contributed by atoms with van der Waals surface area (Å²) in [6, 6.07) is 0. The molecular formula is C12H25NO2. The smallest absolute Gasteiger partial charge is 0.303 e. The number of aliphatic carboxylic acids is 1. The van der Waals surface area contributed by atoms with E-state index < -0.39 is 5.97 Å². The standard InChI is InChI=1S/C12H25NO2/c1-13-11-9-7-5-3-2-4-6-8-10-12(14)15/h13H,2-11H2,1H3,(H,14,15). The van der Waals surface area contributed by atoms with E-state index in [1.807, 2.05) is 7.05 Å². The average molecular weight is 215 g/mol. The maximum atomic E-state index is 10.2. The van der Waals surface area contributed by atoms with E-state index in [-0.39, 0.29) is 0 Å². The predicted molar refractivity (Wildman–Crippen MR) is 63.1 cm³/mol. The molecule has 90 valence electrons. The molecule has 0 amide bonds. The molecule has 2 N–H and O–H groups in total. The van der Waals surface area contributed by atoms with Crippen LogP contribution in [0.15, 0.2) is 0 Å². The van der Waals surface area contributed by atoms with Crippen molar-refractivity contribution in [1.29, 1.82) is 0 Å². The Bertz CT molecular complexity index is 149. The summed E-state index contributed by atoms with van der Waals surface area (Å²) in [6.07, 6.45) is 9.92. The Morgan fingerprint density at radius 1 is 0.933 bits per heavy atom. The van der Waals surface area contributed by atoms with Gasteiger partial charge in [0.05, 0.1) is 0 Å². The molecule has 3 nitrogen and oxygen atoms in total. The largest absolute Gasteiger partial charge is 0.481 e. The second-order valence-electron chi connectivity index (χ2n) is 4.08. The van der Waals surface area contributed by atoms with Crippen molar-refractivity contribution in [2.75, 3.05) is 13.6 Å². The SMILES string of the molecule is CNCCCCCCCCCCC(=O)O. The molecule has 0 aromatic rings. The van der Waals surface area contributed by atoms with Gasteiger partial charge >= 0.3 is 5.97 Å². The molecule has 0 atom stereocenters. The Hall–Kier alpha value is -0.570. The van der Waals surface area contributed by atoms with E-state index in [9.17, 15) is 4.79 Å². The first-order valence-electron chi connectivity index (χ1n) is 6.13. The highest BCUT2D eigenvalue weighted by Gasteiger charge is 1.96. The Kier molecular flexibility index (Phi) is 11.1. The van der Waals surface area contributed by atoms with Gasteiger partial charge in [-0.1, -0.05) is 38.5 Å². The summed E-state index contributed by atoms with van der Waals surface area (Å²) in [6.45, 7) is 1.12. The van der Waals surface area contributed by atoms with Crippen LogP contribution in [0, 0.1) is 0 Å². The van der Waals surface area contributed by atoms with Gasteiger partial charge in [-0.2, -0.15) is 0 Å². The first kappa shape index (κ1) is 14.4. The molecule has 0 fully saturated rings. The number of carbonyl (C=O) groups is 1. The van der Waals surface area contributed by atoms with Gasteiger partial charge in [-0.3, -0.25) is 4.79 Å². The summed E-state index contributed by atoms with van der Waals surface area (Å²) in [5, 5.41) is 11.6. The number of rotatable bonds is 11. The summed E-state index contributed by atoms with van der Waals surface area (Å²) >= 11 is 0. The van der Waals surface area contributed by atoms with Crippen molar-refractivity contribution in [3.05, 3.63) is 0 Å². The topological polar surface area (TPSA) is 49.3 Å². The zero-order valence-electron chi connectivity index (χ0n) is 9.93. The second-order valence-corrected chi connectivity index (χ2v) is 4.08. The van der Waals surface area contributed by atoms with E-state index in [4.69, 9.17) is 5.11 Å². The number of nitrogens with one attached hydrogen (secondary N) is 1. The Labute approximate surface area is 93.3 Å². The fraction of sp³-hybridized carbons (Fsp3) is 0.917. The molecule has 0 heterocycles. The Morgan fingerprint density at radius 3 is 1.87 bits per heavy atom. The average Bonchev–Trinajstić information content (AvgIpc) is 2.20.